The maximum absolute atomic E-state index is 13.7. The van der Waals surface area contributed by atoms with Crippen LogP contribution in [-0.2, 0) is 12.8 Å². The second-order valence-electron chi connectivity index (χ2n) is 6.48. The molecule has 6 heteroatoms. The number of amides is 1. The Morgan fingerprint density at radius 2 is 2.04 bits per heavy atom. The third-order valence-electron chi connectivity index (χ3n) is 4.36. The van der Waals surface area contributed by atoms with Gasteiger partial charge in [0.2, 0.25) is 0 Å². The summed E-state index contributed by atoms with van der Waals surface area (Å²) in [6, 6.07) is 9.33. The van der Waals surface area contributed by atoms with E-state index < -0.39 is 12.1 Å². The first kappa shape index (κ1) is 17.5. The minimum Gasteiger partial charge on any atom is -0.391 e. The lowest BCUT2D eigenvalue weighted by Crippen LogP contribution is -2.39. The lowest BCUT2D eigenvalue weighted by molar-refractivity contribution is 0.0947. The Morgan fingerprint density at radius 1 is 1.28 bits per heavy atom. The van der Waals surface area contributed by atoms with Gasteiger partial charge in [0.1, 0.15) is 5.82 Å². The van der Waals surface area contributed by atoms with Crippen molar-refractivity contribution in [2.45, 2.75) is 43.9 Å². The predicted octanol–water partition coefficient (Wildman–Crippen LogP) is 1.59. The first-order valence-corrected chi connectivity index (χ1v) is 8.46. The standard InChI is InChI=1S/C19H22FN3O2/c20-15-6-2-1-4-12(15)10-16(21)18(24)11-17-14(5-3-9-22-17)19(25)23-13-7-8-13/h1-6,9,13,16,18,24H,7-8,10-11,21H2,(H,23,25). The maximum atomic E-state index is 13.7. The molecule has 1 aromatic carbocycles. The summed E-state index contributed by atoms with van der Waals surface area (Å²) < 4.78 is 13.7. The molecule has 1 amide bonds. The van der Waals surface area contributed by atoms with Crippen LogP contribution in [0.1, 0.15) is 34.5 Å². The van der Waals surface area contributed by atoms with E-state index in [0.717, 1.165) is 12.8 Å². The van der Waals surface area contributed by atoms with Gasteiger partial charge >= 0.3 is 0 Å². The molecule has 2 atom stereocenters. The van der Waals surface area contributed by atoms with Crippen molar-refractivity contribution in [1.29, 1.82) is 0 Å². The van der Waals surface area contributed by atoms with Crippen LogP contribution in [0.5, 0.6) is 0 Å². The Kier molecular flexibility index (Phi) is 5.40. The zero-order valence-corrected chi connectivity index (χ0v) is 13.9. The number of aliphatic hydroxyl groups excluding tert-OH is 1. The summed E-state index contributed by atoms with van der Waals surface area (Å²) in [5.74, 6) is -0.520. The second-order valence-corrected chi connectivity index (χ2v) is 6.48. The molecule has 132 valence electrons. The number of hydrogen-bond donors (Lipinski definition) is 3. The van der Waals surface area contributed by atoms with Crippen molar-refractivity contribution in [3.63, 3.8) is 0 Å². The van der Waals surface area contributed by atoms with Gasteiger partial charge in [-0.15, -0.1) is 0 Å². The highest BCUT2D eigenvalue weighted by Gasteiger charge is 2.26. The van der Waals surface area contributed by atoms with Crippen LogP contribution < -0.4 is 11.1 Å². The van der Waals surface area contributed by atoms with Gasteiger partial charge in [0.15, 0.2) is 0 Å². The Bertz CT molecular complexity index is 749. The van der Waals surface area contributed by atoms with Crippen molar-refractivity contribution in [3.05, 3.63) is 65.2 Å². The van der Waals surface area contributed by atoms with Gasteiger partial charge in [-0.05, 0) is 43.0 Å². The number of nitrogens with zero attached hydrogens (tertiary/aromatic N) is 1. The number of carbonyl (C=O) groups is 1. The average Bonchev–Trinajstić information content (AvgIpc) is 3.41. The van der Waals surface area contributed by atoms with Gasteiger partial charge in [-0.3, -0.25) is 9.78 Å². The molecule has 1 aliphatic rings. The van der Waals surface area contributed by atoms with E-state index in [2.05, 4.69) is 10.3 Å². The van der Waals surface area contributed by atoms with Crippen molar-refractivity contribution in [2.75, 3.05) is 0 Å². The number of nitrogens with one attached hydrogen (secondary N) is 1. The normalized spacial score (nSPS) is 16.3. The van der Waals surface area contributed by atoms with E-state index in [-0.39, 0.29) is 30.6 Å². The van der Waals surface area contributed by atoms with Gasteiger partial charge < -0.3 is 16.2 Å². The molecule has 0 saturated heterocycles. The number of pyridine rings is 1. The molecule has 0 radical (unpaired) electrons. The average molecular weight is 343 g/mol. The van der Waals surface area contributed by atoms with E-state index in [1.807, 2.05) is 0 Å². The van der Waals surface area contributed by atoms with Crippen LogP contribution in [0.15, 0.2) is 42.6 Å². The molecule has 25 heavy (non-hydrogen) atoms. The molecule has 0 bridgehead atoms. The Morgan fingerprint density at radius 3 is 2.76 bits per heavy atom. The molecular formula is C19H22FN3O2. The third-order valence-corrected chi connectivity index (χ3v) is 4.36. The fraction of sp³-hybridized carbons (Fsp3) is 0.368. The molecule has 1 aliphatic carbocycles. The van der Waals surface area contributed by atoms with E-state index >= 15 is 0 Å². The van der Waals surface area contributed by atoms with Crippen LogP contribution in [0.3, 0.4) is 0 Å². The van der Waals surface area contributed by atoms with Crippen LogP contribution in [0.4, 0.5) is 4.39 Å². The summed E-state index contributed by atoms with van der Waals surface area (Å²) in [7, 11) is 0. The van der Waals surface area contributed by atoms with Gasteiger partial charge in [-0.2, -0.15) is 0 Å². The van der Waals surface area contributed by atoms with Crippen molar-refractivity contribution in [3.8, 4) is 0 Å². The lowest BCUT2D eigenvalue weighted by Gasteiger charge is -2.20. The number of nitrogens with two attached hydrogens (primary N) is 1. The van der Waals surface area contributed by atoms with Gasteiger partial charge in [0.25, 0.3) is 5.91 Å². The van der Waals surface area contributed by atoms with Crippen molar-refractivity contribution < 1.29 is 14.3 Å². The summed E-state index contributed by atoms with van der Waals surface area (Å²) >= 11 is 0. The largest absolute Gasteiger partial charge is 0.391 e. The van der Waals surface area contributed by atoms with E-state index in [4.69, 9.17) is 5.73 Å². The maximum Gasteiger partial charge on any atom is 0.253 e. The zero-order chi connectivity index (χ0) is 17.8. The molecule has 1 fully saturated rings. The highest BCUT2D eigenvalue weighted by atomic mass is 19.1. The fourth-order valence-electron chi connectivity index (χ4n) is 2.70. The van der Waals surface area contributed by atoms with Crippen LogP contribution in [0.25, 0.3) is 0 Å². The molecule has 1 aromatic heterocycles. The topological polar surface area (TPSA) is 88.2 Å². The van der Waals surface area contributed by atoms with Crippen molar-refractivity contribution in [1.82, 2.24) is 10.3 Å². The minimum atomic E-state index is -0.929. The summed E-state index contributed by atoms with van der Waals surface area (Å²) in [6.07, 6.45) is 3.00. The number of halogens is 1. The second kappa shape index (κ2) is 7.72. The number of benzene rings is 1. The first-order chi connectivity index (χ1) is 12.0. The monoisotopic (exact) mass is 343 g/mol. The number of aliphatic hydroxyl groups is 1. The highest BCUT2D eigenvalue weighted by molar-refractivity contribution is 5.95. The molecule has 4 N–H and O–H groups in total. The van der Waals surface area contributed by atoms with Crippen molar-refractivity contribution >= 4 is 5.91 Å². The number of carbonyl (C=O) groups excluding carboxylic acids is 1. The first-order valence-electron chi connectivity index (χ1n) is 8.46. The van der Waals surface area contributed by atoms with E-state index in [1.54, 1.807) is 36.5 Å². The Hall–Kier alpha value is -2.31. The Balaban J connectivity index is 1.66. The molecule has 2 unspecified atom stereocenters. The highest BCUT2D eigenvalue weighted by Crippen LogP contribution is 2.20. The van der Waals surface area contributed by atoms with Crippen molar-refractivity contribution in [2.24, 2.45) is 5.73 Å². The van der Waals surface area contributed by atoms with Gasteiger partial charge in [-0.1, -0.05) is 18.2 Å². The van der Waals surface area contributed by atoms with E-state index in [9.17, 15) is 14.3 Å². The number of aromatic nitrogens is 1. The summed E-state index contributed by atoms with van der Waals surface area (Å²) in [5.41, 5.74) is 7.45. The van der Waals surface area contributed by atoms with Crippen LogP contribution in [0.2, 0.25) is 0 Å². The molecule has 0 spiro atoms. The SMILES string of the molecule is NC(Cc1ccccc1F)C(O)Cc1ncccc1C(=O)NC1CC1. The Labute approximate surface area is 146 Å². The van der Waals surface area contributed by atoms with Gasteiger partial charge in [0.05, 0.1) is 17.4 Å². The molecular weight excluding hydrogens is 321 g/mol. The third kappa shape index (κ3) is 4.61. The number of rotatable bonds is 7. The number of hydrogen-bond acceptors (Lipinski definition) is 4. The van der Waals surface area contributed by atoms with Gasteiger partial charge in [0, 0.05) is 24.7 Å². The molecule has 1 saturated carbocycles. The summed E-state index contributed by atoms with van der Waals surface area (Å²) in [4.78, 5) is 16.5. The molecule has 5 nitrogen and oxygen atoms in total. The smallest absolute Gasteiger partial charge is 0.253 e. The zero-order valence-electron chi connectivity index (χ0n) is 13.9. The fourth-order valence-corrected chi connectivity index (χ4v) is 2.70. The molecule has 2 aromatic rings. The lowest BCUT2D eigenvalue weighted by atomic mass is 9.97. The predicted molar refractivity (Wildman–Crippen MR) is 92.5 cm³/mol. The van der Waals surface area contributed by atoms with E-state index in [1.165, 1.54) is 6.07 Å². The van der Waals surface area contributed by atoms with Crippen LogP contribution in [-0.4, -0.2) is 34.2 Å². The van der Waals surface area contributed by atoms with E-state index in [0.29, 0.717) is 16.8 Å². The quantitative estimate of drug-likeness (QED) is 0.712. The molecule has 1 heterocycles. The minimum absolute atomic E-state index is 0.143. The molecule has 0 aliphatic heterocycles. The van der Waals surface area contributed by atoms with Crippen LogP contribution >= 0.6 is 0 Å². The molecule has 3 rings (SSSR count). The summed E-state index contributed by atoms with van der Waals surface area (Å²) in [6.45, 7) is 0. The van der Waals surface area contributed by atoms with Gasteiger partial charge in [-0.25, -0.2) is 4.39 Å². The van der Waals surface area contributed by atoms with Crippen LogP contribution in [0, 0.1) is 5.82 Å². The summed E-state index contributed by atoms with van der Waals surface area (Å²) in [5, 5.41) is 13.3.